The molecule has 25 heavy (non-hydrogen) atoms. The number of rotatable bonds is 6. The summed E-state index contributed by atoms with van der Waals surface area (Å²) in [7, 11) is 0. The molecule has 1 fully saturated rings. The van der Waals surface area contributed by atoms with E-state index < -0.39 is 17.8 Å². The number of carbonyl (C=O) groups is 2. The molecule has 2 unspecified atom stereocenters. The number of hydrogen-bond donors (Lipinski definition) is 2. The molecule has 0 aliphatic heterocycles. The topological polar surface area (TPSA) is 110 Å². The lowest BCUT2D eigenvalue weighted by atomic mass is 9.57. The summed E-state index contributed by atoms with van der Waals surface area (Å²) in [6.07, 6.45) is 0.460. The standard InChI is InChI=1S/C17H21N5O3/c1-10-11(2)15(17(24)25)14(10)16(23)18-9-8-13-19-20-21-22(13)12-6-4-3-5-7-12/h3-7,10-11,14-15H,8-9H2,1-2H3,(H,18,23)(H,24,25)/t10?,11?,14-,15+/m0/s1. The summed E-state index contributed by atoms with van der Waals surface area (Å²) in [4.78, 5) is 23.7. The second-order valence-corrected chi connectivity index (χ2v) is 6.49. The van der Waals surface area contributed by atoms with Crippen molar-refractivity contribution in [3.8, 4) is 5.69 Å². The maximum Gasteiger partial charge on any atom is 0.307 e. The van der Waals surface area contributed by atoms with Gasteiger partial charge < -0.3 is 10.4 Å². The van der Waals surface area contributed by atoms with Crippen LogP contribution in [0.5, 0.6) is 0 Å². The summed E-state index contributed by atoms with van der Waals surface area (Å²) in [5, 5.41) is 23.7. The minimum absolute atomic E-state index is 0.0126. The zero-order valence-corrected chi connectivity index (χ0v) is 14.2. The highest BCUT2D eigenvalue weighted by Crippen LogP contribution is 2.45. The number of carboxylic acid groups (broad SMARTS) is 1. The van der Waals surface area contributed by atoms with Crippen LogP contribution in [0.2, 0.25) is 0 Å². The van der Waals surface area contributed by atoms with Gasteiger partial charge in [-0.05, 0) is 34.4 Å². The van der Waals surface area contributed by atoms with E-state index in [2.05, 4.69) is 20.8 Å². The Morgan fingerprint density at radius 2 is 1.84 bits per heavy atom. The maximum absolute atomic E-state index is 12.3. The second-order valence-electron chi connectivity index (χ2n) is 6.49. The molecule has 1 heterocycles. The highest BCUT2D eigenvalue weighted by molar-refractivity contribution is 5.87. The van der Waals surface area contributed by atoms with E-state index in [-0.39, 0.29) is 17.7 Å². The third-order valence-electron chi connectivity index (χ3n) is 5.12. The molecule has 4 atom stereocenters. The Labute approximate surface area is 145 Å². The van der Waals surface area contributed by atoms with Crippen LogP contribution in [0.25, 0.3) is 5.69 Å². The summed E-state index contributed by atoms with van der Waals surface area (Å²) >= 11 is 0. The Morgan fingerprint density at radius 1 is 1.16 bits per heavy atom. The molecule has 3 rings (SSSR count). The summed E-state index contributed by atoms with van der Waals surface area (Å²) in [5.74, 6) is -1.48. The van der Waals surface area contributed by atoms with Gasteiger partial charge in [-0.1, -0.05) is 32.0 Å². The average molecular weight is 343 g/mol. The number of carboxylic acids is 1. The minimum atomic E-state index is -0.904. The van der Waals surface area contributed by atoms with E-state index in [1.807, 2.05) is 44.2 Å². The van der Waals surface area contributed by atoms with Crippen molar-refractivity contribution in [3.63, 3.8) is 0 Å². The van der Waals surface area contributed by atoms with Gasteiger partial charge in [0.1, 0.15) is 0 Å². The molecule has 8 nitrogen and oxygen atoms in total. The van der Waals surface area contributed by atoms with Crippen LogP contribution in [0.15, 0.2) is 30.3 Å². The number of aromatic nitrogens is 4. The molecule has 2 N–H and O–H groups in total. The van der Waals surface area contributed by atoms with Gasteiger partial charge in [-0.25, -0.2) is 0 Å². The lowest BCUT2D eigenvalue weighted by Crippen LogP contribution is -2.55. The van der Waals surface area contributed by atoms with E-state index in [9.17, 15) is 14.7 Å². The Morgan fingerprint density at radius 3 is 2.52 bits per heavy atom. The van der Waals surface area contributed by atoms with Gasteiger partial charge in [-0.15, -0.1) is 5.10 Å². The minimum Gasteiger partial charge on any atom is -0.481 e. The molecule has 0 radical (unpaired) electrons. The van der Waals surface area contributed by atoms with Crippen LogP contribution >= 0.6 is 0 Å². The molecule has 0 bridgehead atoms. The highest BCUT2D eigenvalue weighted by Gasteiger charge is 2.52. The zero-order chi connectivity index (χ0) is 18.0. The predicted octanol–water partition coefficient (Wildman–Crippen LogP) is 0.924. The number of nitrogens with zero attached hydrogens (tertiary/aromatic N) is 4. The van der Waals surface area contributed by atoms with Gasteiger partial charge in [0.2, 0.25) is 5.91 Å². The fraction of sp³-hybridized carbons (Fsp3) is 0.471. The first-order valence-corrected chi connectivity index (χ1v) is 8.34. The molecule has 2 aromatic rings. The third kappa shape index (κ3) is 3.24. The van der Waals surface area contributed by atoms with Crippen LogP contribution in [0.1, 0.15) is 19.7 Å². The lowest BCUT2D eigenvalue weighted by molar-refractivity contribution is -0.163. The van der Waals surface area contributed by atoms with Gasteiger partial charge in [0.25, 0.3) is 0 Å². The second kappa shape index (κ2) is 7.00. The number of hydrogen-bond acceptors (Lipinski definition) is 5. The van der Waals surface area contributed by atoms with Crippen LogP contribution in [0, 0.1) is 23.7 Å². The summed E-state index contributed by atoms with van der Waals surface area (Å²) < 4.78 is 1.63. The molecule has 8 heteroatoms. The van der Waals surface area contributed by atoms with Gasteiger partial charge in [0, 0.05) is 13.0 Å². The number of carbonyl (C=O) groups excluding carboxylic acids is 1. The first kappa shape index (κ1) is 17.1. The fourth-order valence-electron chi connectivity index (χ4n) is 3.49. The van der Waals surface area contributed by atoms with Crippen molar-refractivity contribution >= 4 is 11.9 Å². The molecular formula is C17H21N5O3. The summed E-state index contributed by atoms with van der Waals surface area (Å²) in [6.45, 7) is 4.15. The molecule has 1 aliphatic rings. The largest absolute Gasteiger partial charge is 0.481 e. The molecule has 1 saturated carbocycles. The number of para-hydroxylation sites is 1. The van der Waals surface area contributed by atoms with Crippen molar-refractivity contribution in [2.24, 2.45) is 23.7 Å². The van der Waals surface area contributed by atoms with Crippen LogP contribution < -0.4 is 5.32 Å². The molecule has 0 saturated heterocycles. The first-order chi connectivity index (χ1) is 12.0. The van der Waals surface area contributed by atoms with Crippen molar-refractivity contribution in [1.29, 1.82) is 0 Å². The van der Waals surface area contributed by atoms with Crippen molar-refractivity contribution in [1.82, 2.24) is 25.5 Å². The van der Waals surface area contributed by atoms with Crippen LogP contribution in [0.4, 0.5) is 0 Å². The first-order valence-electron chi connectivity index (χ1n) is 8.34. The number of tetrazole rings is 1. The summed E-state index contributed by atoms with van der Waals surface area (Å²) in [5.41, 5.74) is 0.848. The van der Waals surface area contributed by atoms with E-state index in [1.165, 1.54) is 0 Å². The molecule has 1 aromatic carbocycles. The van der Waals surface area contributed by atoms with E-state index in [0.717, 1.165) is 5.69 Å². The molecule has 1 aliphatic carbocycles. The molecule has 1 amide bonds. The monoisotopic (exact) mass is 343 g/mol. The summed E-state index contributed by atoms with van der Waals surface area (Å²) in [6, 6.07) is 9.50. The van der Waals surface area contributed by atoms with E-state index in [0.29, 0.717) is 18.8 Å². The Balaban J connectivity index is 1.58. The highest BCUT2D eigenvalue weighted by atomic mass is 16.4. The Bertz CT molecular complexity index is 761. The van der Waals surface area contributed by atoms with Crippen molar-refractivity contribution in [2.45, 2.75) is 20.3 Å². The fourth-order valence-corrected chi connectivity index (χ4v) is 3.49. The van der Waals surface area contributed by atoms with Gasteiger partial charge in [0.15, 0.2) is 5.82 Å². The molecule has 1 aromatic heterocycles. The van der Waals surface area contributed by atoms with Gasteiger partial charge in [-0.3, -0.25) is 9.59 Å². The predicted molar refractivity (Wildman–Crippen MR) is 88.8 cm³/mol. The molecule has 132 valence electrons. The third-order valence-corrected chi connectivity index (χ3v) is 5.12. The number of aliphatic carboxylic acids is 1. The Hall–Kier alpha value is -2.77. The van der Waals surface area contributed by atoms with Crippen LogP contribution in [-0.2, 0) is 16.0 Å². The number of nitrogens with one attached hydrogen (secondary N) is 1. The quantitative estimate of drug-likeness (QED) is 0.807. The van der Waals surface area contributed by atoms with Crippen LogP contribution in [0.3, 0.4) is 0 Å². The molecule has 0 spiro atoms. The lowest BCUT2D eigenvalue weighted by Gasteiger charge is -2.45. The average Bonchev–Trinajstić information content (AvgIpc) is 3.07. The molecular weight excluding hydrogens is 322 g/mol. The van der Waals surface area contributed by atoms with E-state index >= 15 is 0 Å². The van der Waals surface area contributed by atoms with Gasteiger partial charge >= 0.3 is 5.97 Å². The van der Waals surface area contributed by atoms with Gasteiger partial charge in [0.05, 0.1) is 17.5 Å². The zero-order valence-electron chi connectivity index (χ0n) is 14.2. The SMILES string of the molecule is CC1C(C)[C@H](C(=O)NCCc2nnnn2-c2ccccc2)[C@@H]1C(=O)O. The van der Waals surface area contributed by atoms with E-state index in [4.69, 9.17) is 0 Å². The van der Waals surface area contributed by atoms with Crippen molar-refractivity contribution < 1.29 is 14.7 Å². The number of benzene rings is 1. The number of amides is 1. The van der Waals surface area contributed by atoms with Gasteiger partial charge in [-0.2, -0.15) is 4.68 Å². The van der Waals surface area contributed by atoms with E-state index in [1.54, 1.807) is 4.68 Å². The smallest absolute Gasteiger partial charge is 0.307 e. The van der Waals surface area contributed by atoms with Crippen LogP contribution in [-0.4, -0.2) is 43.7 Å². The Kier molecular flexibility index (Phi) is 4.78. The normalized spacial score (nSPS) is 25.2. The maximum atomic E-state index is 12.3. The van der Waals surface area contributed by atoms with Crippen molar-refractivity contribution in [3.05, 3.63) is 36.2 Å². The van der Waals surface area contributed by atoms with Crippen molar-refractivity contribution in [2.75, 3.05) is 6.54 Å².